The number of hydrogen-bond donors (Lipinski definition) is 0. The van der Waals surface area contributed by atoms with Crippen molar-refractivity contribution < 1.29 is 28.8 Å². The molecule has 0 aromatic heterocycles. The van der Waals surface area contributed by atoms with E-state index in [2.05, 4.69) is 16.3 Å². The molecule has 0 saturated heterocycles. The van der Waals surface area contributed by atoms with Gasteiger partial charge in [0.2, 0.25) is 0 Å². The first-order chi connectivity index (χ1) is 13.7. The van der Waals surface area contributed by atoms with E-state index < -0.39 is 15.6 Å². The molecule has 4 nitrogen and oxygen atoms in total. The van der Waals surface area contributed by atoms with Gasteiger partial charge in [-0.3, -0.25) is 0 Å². The molecule has 0 fully saturated rings. The van der Waals surface area contributed by atoms with Gasteiger partial charge in [0.25, 0.3) is 0 Å². The molecule has 1 unspecified atom stereocenters. The number of alkyl halides is 3. The summed E-state index contributed by atoms with van der Waals surface area (Å²) in [5.74, 6) is 0.886. The van der Waals surface area contributed by atoms with Gasteiger partial charge in [-0.05, 0) is 53.0 Å². The van der Waals surface area contributed by atoms with Crippen LogP contribution in [0.5, 0.6) is 11.5 Å². The molecule has 0 spiro atoms. The third-order valence-corrected chi connectivity index (χ3v) is 6.51. The fraction of sp³-hybridized carbons (Fsp3) is 0.200. The molecule has 2 bridgehead atoms. The maximum Gasteiger partial charge on any atom is 0.534 e. The van der Waals surface area contributed by atoms with E-state index in [4.69, 9.17) is 3.07 Å². The summed E-state index contributed by atoms with van der Waals surface area (Å²) in [5, 5.41) is 0. The summed E-state index contributed by atoms with van der Waals surface area (Å²) in [5.41, 5.74) is -1.17. The van der Waals surface area contributed by atoms with Crippen LogP contribution < -0.4 is 7.25 Å². The maximum atomic E-state index is 12.4. The highest BCUT2D eigenvalue weighted by Gasteiger charge is 2.48. The van der Waals surface area contributed by atoms with Crippen LogP contribution in [0.4, 0.5) is 13.2 Å². The minimum atomic E-state index is -5.67. The van der Waals surface area contributed by atoms with Crippen molar-refractivity contribution in [1.29, 1.82) is 0 Å². The first-order valence-corrected chi connectivity index (χ1v) is 10.9. The van der Waals surface area contributed by atoms with Gasteiger partial charge in [0, 0.05) is 11.8 Å². The first-order valence-electron chi connectivity index (χ1n) is 8.61. The monoisotopic (exact) mass is 534 g/mol. The van der Waals surface area contributed by atoms with Crippen LogP contribution in [-0.4, -0.2) is 13.9 Å². The molecule has 2 aromatic rings. The Morgan fingerprint density at radius 1 is 0.828 bits per heavy atom. The summed E-state index contributed by atoms with van der Waals surface area (Å²) in [7, 11) is -5.67. The van der Waals surface area contributed by atoms with Crippen molar-refractivity contribution in [3.05, 3.63) is 71.8 Å². The van der Waals surface area contributed by atoms with Crippen LogP contribution in [0.2, 0.25) is 0 Å². The Morgan fingerprint density at radius 3 is 1.66 bits per heavy atom. The summed E-state index contributed by atoms with van der Waals surface area (Å²) < 4.78 is 68.8. The van der Waals surface area contributed by atoms with Gasteiger partial charge in [-0.1, -0.05) is 36.4 Å². The standard InChI is InChI=1S/C20H14F3IO4S/c21-20(22,23)29(25,26)28-17-7-3-13(4-8-17)19-11-14-9-15(19)10-18(14)12-1-5-16(27-24)6-2-12/h1-8,10-11,14-15H,9H2/t14?,15-/m1/s1. The van der Waals surface area contributed by atoms with E-state index in [1.165, 1.54) is 17.7 Å². The van der Waals surface area contributed by atoms with Crippen molar-refractivity contribution in [2.45, 2.75) is 11.9 Å². The normalized spacial score (nSPS) is 21.0. The van der Waals surface area contributed by atoms with Crippen molar-refractivity contribution in [2.75, 3.05) is 0 Å². The Bertz CT molecular complexity index is 1090. The fourth-order valence-corrected chi connectivity index (χ4v) is 4.47. The zero-order valence-electron chi connectivity index (χ0n) is 14.7. The highest BCUT2D eigenvalue weighted by atomic mass is 127. The summed E-state index contributed by atoms with van der Waals surface area (Å²) in [6, 6.07) is 13.5. The summed E-state index contributed by atoms with van der Waals surface area (Å²) in [6.07, 6.45) is 5.30. The van der Waals surface area contributed by atoms with E-state index in [1.54, 1.807) is 12.1 Å². The highest BCUT2D eigenvalue weighted by molar-refractivity contribution is 14.1. The minimum absolute atomic E-state index is 0.209. The van der Waals surface area contributed by atoms with Crippen LogP contribution in [-0.2, 0) is 10.1 Å². The van der Waals surface area contributed by atoms with Crippen molar-refractivity contribution in [1.82, 2.24) is 0 Å². The average molecular weight is 534 g/mol. The van der Waals surface area contributed by atoms with Gasteiger partial charge >= 0.3 is 15.6 Å². The fourth-order valence-electron chi connectivity index (χ4n) is 3.72. The molecule has 0 saturated carbocycles. The van der Waals surface area contributed by atoms with E-state index in [1.807, 2.05) is 47.3 Å². The molecule has 2 aliphatic rings. The van der Waals surface area contributed by atoms with Crippen LogP contribution >= 0.6 is 23.0 Å². The van der Waals surface area contributed by atoms with Gasteiger partial charge < -0.3 is 7.25 Å². The SMILES string of the molecule is O=S(=O)(Oc1ccc(C2=CC3C[C@@H]2C=C3c2ccc(OI)cc2)cc1)C(F)(F)F. The molecule has 0 heterocycles. The molecule has 0 amide bonds. The van der Waals surface area contributed by atoms with Gasteiger partial charge in [0.05, 0.1) is 0 Å². The van der Waals surface area contributed by atoms with Crippen molar-refractivity contribution in [2.24, 2.45) is 11.8 Å². The highest BCUT2D eigenvalue weighted by Crippen LogP contribution is 2.50. The van der Waals surface area contributed by atoms with E-state index in [-0.39, 0.29) is 17.6 Å². The molecule has 152 valence electrons. The Balaban J connectivity index is 1.49. The molecule has 0 radical (unpaired) electrons. The predicted molar refractivity (Wildman–Crippen MR) is 111 cm³/mol. The molecule has 2 aliphatic carbocycles. The summed E-state index contributed by atoms with van der Waals surface area (Å²) >= 11 is 1.83. The summed E-state index contributed by atoms with van der Waals surface area (Å²) in [4.78, 5) is 0. The lowest BCUT2D eigenvalue weighted by Crippen LogP contribution is -2.28. The average Bonchev–Trinajstić information content (AvgIpc) is 3.28. The number of benzene rings is 2. The topological polar surface area (TPSA) is 52.6 Å². The number of hydrogen-bond acceptors (Lipinski definition) is 4. The Morgan fingerprint density at radius 2 is 1.28 bits per heavy atom. The smallest absolute Gasteiger partial charge is 0.428 e. The molecular weight excluding hydrogens is 520 g/mol. The maximum absolute atomic E-state index is 12.4. The quantitative estimate of drug-likeness (QED) is 0.278. The zero-order valence-corrected chi connectivity index (χ0v) is 17.7. The van der Waals surface area contributed by atoms with E-state index in [0.717, 1.165) is 28.9 Å². The van der Waals surface area contributed by atoms with Gasteiger partial charge in [-0.2, -0.15) is 21.6 Å². The van der Waals surface area contributed by atoms with Crippen LogP contribution in [0.3, 0.4) is 0 Å². The number of halogens is 4. The number of rotatable bonds is 5. The van der Waals surface area contributed by atoms with Gasteiger partial charge in [-0.15, -0.1) is 0 Å². The second-order valence-electron chi connectivity index (χ2n) is 6.80. The zero-order chi connectivity index (χ0) is 20.8. The van der Waals surface area contributed by atoms with Gasteiger partial charge in [0.15, 0.2) is 23.0 Å². The number of fused-ring (bicyclic) bond motifs is 2. The molecular formula is C20H14F3IO4S. The van der Waals surface area contributed by atoms with Crippen LogP contribution in [0, 0.1) is 11.8 Å². The Kier molecular flexibility index (Phi) is 5.14. The van der Waals surface area contributed by atoms with E-state index >= 15 is 0 Å². The molecule has 4 rings (SSSR count). The summed E-state index contributed by atoms with van der Waals surface area (Å²) in [6.45, 7) is 0. The first kappa shape index (κ1) is 20.3. The minimum Gasteiger partial charge on any atom is -0.428 e. The van der Waals surface area contributed by atoms with Crippen molar-refractivity contribution >= 4 is 44.3 Å². The Hall–Kier alpha value is -2.01. The number of allylic oxidation sites excluding steroid dienone is 4. The lowest BCUT2D eigenvalue weighted by Gasteiger charge is -2.15. The second kappa shape index (κ2) is 7.35. The molecule has 2 aromatic carbocycles. The lowest BCUT2D eigenvalue weighted by atomic mass is 9.91. The third kappa shape index (κ3) is 3.89. The largest absolute Gasteiger partial charge is 0.534 e. The second-order valence-corrected chi connectivity index (χ2v) is 8.78. The van der Waals surface area contributed by atoms with Crippen LogP contribution in [0.25, 0.3) is 11.1 Å². The molecule has 9 heteroatoms. The van der Waals surface area contributed by atoms with Crippen molar-refractivity contribution in [3.8, 4) is 11.5 Å². The van der Waals surface area contributed by atoms with Gasteiger partial charge in [-0.25, -0.2) is 0 Å². The predicted octanol–water partition coefficient (Wildman–Crippen LogP) is 5.76. The molecule has 29 heavy (non-hydrogen) atoms. The van der Waals surface area contributed by atoms with E-state index in [9.17, 15) is 21.6 Å². The van der Waals surface area contributed by atoms with Gasteiger partial charge in [0.1, 0.15) is 11.5 Å². The van der Waals surface area contributed by atoms with E-state index in [0.29, 0.717) is 0 Å². The van der Waals surface area contributed by atoms with Crippen LogP contribution in [0.15, 0.2) is 60.7 Å². The lowest BCUT2D eigenvalue weighted by molar-refractivity contribution is -0.0500. The van der Waals surface area contributed by atoms with Crippen LogP contribution in [0.1, 0.15) is 17.5 Å². The van der Waals surface area contributed by atoms with Crippen molar-refractivity contribution in [3.63, 3.8) is 0 Å². The molecule has 2 atom stereocenters. The Labute approximate surface area is 179 Å². The molecule has 0 N–H and O–H groups in total. The molecule has 0 aliphatic heterocycles. The third-order valence-electron chi connectivity index (χ3n) is 5.02.